The smallest absolute Gasteiger partial charge is 0.162 e. The van der Waals surface area contributed by atoms with Gasteiger partial charge in [0.1, 0.15) is 0 Å². The maximum Gasteiger partial charge on any atom is 0.162 e. The van der Waals surface area contributed by atoms with Gasteiger partial charge in [-0.05, 0) is 37.6 Å². The first-order valence-electron chi connectivity index (χ1n) is 8.74. The number of nitrogens with one attached hydrogen (secondary N) is 1. The molecule has 1 N–H and O–H groups in total. The van der Waals surface area contributed by atoms with Gasteiger partial charge in [-0.15, -0.1) is 0 Å². The molecule has 0 bridgehead atoms. The van der Waals surface area contributed by atoms with E-state index in [-0.39, 0.29) is 0 Å². The highest BCUT2D eigenvalue weighted by Gasteiger charge is 2.11. The third kappa shape index (κ3) is 6.13. The summed E-state index contributed by atoms with van der Waals surface area (Å²) in [7, 11) is 1.65. The Bertz CT molecular complexity index is 493. The molecule has 0 atom stereocenters. The summed E-state index contributed by atoms with van der Waals surface area (Å²) in [6.45, 7) is 9.33. The molecule has 0 spiro atoms. The minimum atomic E-state index is 0.659. The Morgan fingerprint density at radius 1 is 1.25 bits per heavy atom. The number of rotatable bonds is 10. The van der Waals surface area contributed by atoms with Crippen LogP contribution < -0.4 is 14.8 Å². The van der Waals surface area contributed by atoms with Crippen molar-refractivity contribution in [2.24, 2.45) is 0 Å². The van der Waals surface area contributed by atoms with E-state index in [1.54, 1.807) is 7.11 Å². The average Bonchev–Trinajstić information content (AvgIpc) is 2.61. The van der Waals surface area contributed by atoms with Gasteiger partial charge in [0, 0.05) is 30.7 Å². The SMILES string of the molecule is CCCOc1cc(Cl)c(CNCCCN2CCOCC2)cc1OC. The molecule has 1 aromatic carbocycles. The second-order valence-corrected chi connectivity index (χ2v) is 6.33. The van der Waals surface area contributed by atoms with Crippen LogP contribution >= 0.6 is 11.6 Å². The summed E-state index contributed by atoms with van der Waals surface area (Å²) in [6, 6.07) is 3.81. The van der Waals surface area contributed by atoms with Gasteiger partial charge in [0.25, 0.3) is 0 Å². The van der Waals surface area contributed by atoms with E-state index in [4.69, 9.17) is 25.8 Å². The number of hydrogen-bond acceptors (Lipinski definition) is 5. The molecule has 24 heavy (non-hydrogen) atoms. The van der Waals surface area contributed by atoms with E-state index in [9.17, 15) is 0 Å². The number of halogens is 1. The number of ether oxygens (including phenoxy) is 3. The van der Waals surface area contributed by atoms with Crippen molar-refractivity contribution in [2.45, 2.75) is 26.3 Å². The Morgan fingerprint density at radius 2 is 2.04 bits per heavy atom. The van der Waals surface area contributed by atoms with Crippen molar-refractivity contribution in [3.05, 3.63) is 22.7 Å². The van der Waals surface area contributed by atoms with Crippen LogP contribution in [0.2, 0.25) is 5.02 Å². The van der Waals surface area contributed by atoms with Crippen molar-refractivity contribution < 1.29 is 14.2 Å². The fraction of sp³-hybridized carbons (Fsp3) is 0.667. The molecule has 136 valence electrons. The fourth-order valence-electron chi connectivity index (χ4n) is 2.67. The van der Waals surface area contributed by atoms with E-state index in [2.05, 4.69) is 17.1 Å². The van der Waals surface area contributed by atoms with Crippen LogP contribution in [0.25, 0.3) is 0 Å². The van der Waals surface area contributed by atoms with Crippen molar-refractivity contribution in [1.82, 2.24) is 10.2 Å². The van der Waals surface area contributed by atoms with E-state index in [1.165, 1.54) is 0 Å². The lowest BCUT2D eigenvalue weighted by atomic mass is 10.2. The standard InChI is InChI=1S/C18H29ClN2O3/c1-3-9-24-18-13-16(19)15(12-17(18)22-2)14-20-5-4-6-21-7-10-23-11-8-21/h12-13,20H,3-11,14H2,1-2H3. The Labute approximate surface area is 150 Å². The van der Waals surface area contributed by atoms with Gasteiger partial charge in [0.2, 0.25) is 0 Å². The van der Waals surface area contributed by atoms with Crippen molar-refractivity contribution in [3.63, 3.8) is 0 Å². The van der Waals surface area contributed by atoms with Gasteiger partial charge < -0.3 is 19.5 Å². The first-order chi connectivity index (χ1) is 11.7. The van der Waals surface area contributed by atoms with Crippen LogP contribution in [0.1, 0.15) is 25.3 Å². The summed E-state index contributed by atoms with van der Waals surface area (Å²) in [4.78, 5) is 2.45. The van der Waals surface area contributed by atoms with E-state index in [0.29, 0.717) is 17.4 Å². The molecule has 0 unspecified atom stereocenters. The summed E-state index contributed by atoms with van der Waals surface area (Å²) in [5.74, 6) is 1.44. The lowest BCUT2D eigenvalue weighted by Gasteiger charge is -2.26. The molecule has 1 saturated heterocycles. The molecule has 1 heterocycles. The molecule has 1 aliphatic rings. The van der Waals surface area contributed by atoms with Gasteiger partial charge in [-0.3, -0.25) is 4.90 Å². The molecule has 0 saturated carbocycles. The number of hydrogen-bond donors (Lipinski definition) is 1. The van der Waals surface area contributed by atoms with Crippen molar-refractivity contribution in [3.8, 4) is 11.5 Å². The van der Waals surface area contributed by atoms with Gasteiger partial charge in [-0.2, -0.15) is 0 Å². The minimum Gasteiger partial charge on any atom is -0.493 e. The number of benzene rings is 1. The predicted octanol–water partition coefficient (Wildman–Crippen LogP) is 2.95. The third-order valence-electron chi connectivity index (χ3n) is 4.04. The van der Waals surface area contributed by atoms with Crippen molar-refractivity contribution in [2.75, 3.05) is 53.1 Å². The normalized spacial score (nSPS) is 15.5. The first kappa shape index (κ1) is 19.3. The van der Waals surface area contributed by atoms with Crippen LogP contribution in [0.5, 0.6) is 11.5 Å². The molecule has 2 rings (SSSR count). The molecule has 0 aromatic heterocycles. The minimum absolute atomic E-state index is 0.659. The molecule has 1 fully saturated rings. The largest absolute Gasteiger partial charge is 0.493 e. The second-order valence-electron chi connectivity index (χ2n) is 5.93. The zero-order chi connectivity index (χ0) is 17.2. The van der Waals surface area contributed by atoms with E-state index < -0.39 is 0 Å². The Balaban J connectivity index is 1.76. The van der Waals surface area contributed by atoms with Crippen LogP contribution in [-0.4, -0.2) is 58.0 Å². The van der Waals surface area contributed by atoms with Gasteiger partial charge in [0.05, 0.1) is 26.9 Å². The zero-order valence-electron chi connectivity index (χ0n) is 14.8. The summed E-state index contributed by atoms with van der Waals surface area (Å²) in [5.41, 5.74) is 1.03. The van der Waals surface area contributed by atoms with Gasteiger partial charge in [-0.25, -0.2) is 0 Å². The van der Waals surface area contributed by atoms with E-state index in [1.807, 2.05) is 12.1 Å². The molecule has 1 aliphatic heterocycles. The highest BCUT2D eigenvalue weighted by atomic mass is 35.5. The summed E-state index contributed by atoms with van der Waals surface area (Å²) >= 11 is 6.37. The lowest BCUT2D eigenvalue weighted by Crippen LogP contribution is -2.37. The molecule has 0 radical (unpaired) electrons. The lowest BCUT2D eigenvalue weighted by molar-refractivity contribution is 0.0374. The maximum absolute atomic E-state index is 6.37. The third-order valence-corrected chi connectivity index (χ3v) is 4.39. The van der Waals surface area contributed by atoms with E-state index >= 15 is 0 Å². The van der Waals surface area contributed by atoms with Crippen molar-refractivity contribution in [1.29, 1.82) is 0 Å². The van der Waals surface area contributed by atoms with Crippen LogP contribution in [0.15, 0.2) is 12.1 Å². The molecule has 5 nitrogen and oxygen atoms in total. The second kappa shape index (κ2) is 10.8. The van der Waals surface area contributed by atoms with Crippen molar-refractivity contribution >= 4 is 11.6 Å². The molecule has 6 heteroatoms. The quantitative estimate of drug-likeness (QED) is 0.653. The molecule has 0 aliphatic carbocycles. The number of morpholine rings is 1. The molecule has 1 aromatic rings. The Morgan fingerprint density at radius 3 is 2.75 bits per heavy atom. The Hall–Kier alpha value is -1.01. The number of methoxy groups -OCH3 is 1. The maximum atomic E-state index is 6.37. The molecular formula is C18H29ClN2O3. The van der Waals surface area contributed by atoms with Crippen LogP contribution in [0.3, 0.4) is 0 Å². The first-order valence-corrected chi connectivity index (χ1v) is 9.12. The summed E-state index contributed by atoms with van der Waals surface area (Å²) in [6.07, 6.45) is 2.07. The van der Waals surface area contributed by atoms with Gasteiger partial charge in [0.15, 0.2) is 11.5 Å². The summed E-state index contributed by atoms with van der Waals surface area (Å²) < 4.78 is 16.5. The highest BCUT2D eigenvalue weighted by molar-refractivity contribution is 6.31. The van der Waals surface area contributed by atoms with Crippen LogP contribution in [-0.2, 0) is 11.3 Å². The van der Waals surface area contributed by atoms with Crippen LogP contribution in [0.4, 0.5) is 0 Å². The zero-order valence-corrected chi connectivity index (χ0v) is 15.5. The van der Waals surface area contributed by atoms with E-state index in [0.717, 1.165) is 70.1 Å². The van der Waals surface area contributed by atoms with Gasteiger partial charge in [-0.1, -0.05) is 18.5 Å². The highest BCUT2D eigenvalue weighted by Crippen LogP contribution is 2.33. The van der Waals surface area contributed by atoms with Crippen LogP contribution in [0, 0.1) is 0 Å². The average molecular weight is 357 g/mol. The number of nitrogens with zero attached hydrogens (tertiary/aromatic N) is 1. The Kier molecular flexibility index (Phi) is 8.67. The fourth-order valence-corrected chi connectivity index (χ4v) is 2.89. The predicted molar refractivity (Wildman–Crippen MR) is 97.4 cm³/mol. The molecule has 0 amide bonds. The monoisotopic (exact) mass is 356 g/mol. The topological polar surface area (TPSA) is 43.0 Å². The summed E-state index contributed by atoms with van der Waals surface area (Å²) in [5, 5.41) is 4.17. The molecular weight excluding hydrogens is 328 g/mol. The van der Waals surface area contributed by atoms with Gasteiger partial charge >= 0.3 is 0 Å².